The molecule has 0 aliphatic heterocycles. The SMILES string of the molecule is c1ccc(-c2nc3cc(N(c4ccccc4)c4ccc5oc6ccccc6c5c4)cc(N(c4ccccc4)c4cccc5c4sc4ccccc45)c3o2)cc1. The fraction of sp³-hybridized carbons (Fsp3) is 0. The summed E-state index contributed by atoms with van der Waals surface area (Å²) in [5, 5.41) is 4.62. The first kappa shape index (κ1) is 31.4. The summed E-state index contributed by atoms with van der Waals surface area (Å²) in [5.74, 6) is 0.569. The Kier molecular flexibility index (Phi) is 7.28. The lowest BCUT2D eigenvalue weighted by Gasteiger charge is -2.29. The Morgan fingerprint density at radius 1 is 0.418 bits per heavy atom. The van der Waals surface area contributed by atoms with Crippen molar-refractivity contribution in [2.45, 2.75) is 0 Å². The van der Waals surface area contributed by atoms with Crippen molar-refractivity contribution in [3.05, 3.63) is 188 Å². The maximum atomic E-state index is 6.84. The van der Waals surface area contributed by atoms with Gasteiger partial charge >= 0.3 is 0 Å². The molecule has 0 bridgehead atoms. The molecule has 0 spiro atoms. The number of hydrogen-bond donors (Lipinski definition) is 0. The summed E-state index contributed by atoms with van der Waals surface area (Å²) in [7, 11) is 0. The molecule has 5 nitrogen and oxygen atoms in total. The lowest BCUT2D eigenvalue weighted by molar-refractivity contribution is 0.620. The highest BCUT2D eigenvalue weighted by atomic mass is 32.1. The van der Waals surface area contributed by atoms with Gasteiger partial charge in [-0.15, -0.1) is 11.3 Å². The monoisotopic (exact) mass is 725 g/mol. The molecular formula is C49H31N3O2S. The molecule has 11 rings (SSSR count). The Hall–Kier alpha value is -7.15. The lowest BCUT2D eigenvalue weighted by Crippen LogP contribution is -2.13. The van der Waals surface area contributed by atoms with Crippen LogP contribution >= 0.6 is 11.3 Å². The summed E-state index contributed by atoms with van der Waals surface area (Å²) >= 11 is 1.81. The molecule has 0 radical (unpaired) electrons. The van der Waals surface area contributed by atoms with Crippen molar-refractivity contribution < 1.29 is 8.83 Å². The van der Waals surface area contributed by atoms with Crippen molar-refractivity contribution in [1.29, 1.82) is 0 Å². The zero-order valence-electron chi connectivity index (χ0n) is 29.5. The van der Waals surface area contributed by atoms with Crippen molar-refractivity contribution in [3.8, 4) is 11.5 Å². The van der Waals surface area contributed by atoms with E-state index in [0.717, 1.165) is 67.1 Å². The number of hydrogen-bond acceptors (Lipinski definition) is 6. The van der Waals surface area contributed by atoms with Gasteiger partial charge < -0.3 is 18.6 Å². The van der Waals surface area contributed by atoms with Crippen LogP contribution in [0.3, 0.4) is 0 Å². The van der Waals surface area contributed by atoms with Gasteiger partial charge in [0.2, 0.25) is 5.89 Å². The van der Waals surface area contributed by atoms with E-state index in [4.69, 9.17) is 13.8 Å². The zero-order valence-corrected chi connectivity index (χ0v) is 30.3. The van der Waals surface area contributed by atoms with Crippen LogP contribution in [-0.4, -0.2) is 4.98 Å². The van der Waals surface area contributed by atoms with Gasteiger partial charge in [0.1, 0.15) is 16.7 Å². The van der Waals surface area contributed by atoms with Gasteiger partial charge in [0.15, 0.2) is 5.58 Å². The molecule has 0 amide bonds. The second-order valence-corrected chi connectivity index (χ2v) is 14.6. The van der Waals surface area contributed by atoms with Gasteiger partial charge in [0.05, 0.1) is 21.8 Å². The maximum absolute atomic E-state index is 6.84. The molecule has 55 heavy (non-hydrogen) atoms. The van der Waals surface area contributed by atoms with E-state index in [9.17, 15) is 0 Å². The van der Waals surface area contributed by atoms with Crippen molar-refractivity contribution in [2.75, 3.05) is 9.80 Å². The van der Waals surface area contributed by atoms with Crippen molar-refractivity contribution >= 4 is 98.7 Å². The molecule has 0 unspecified atom stereocenters. The number of anilines is 6. The molecule has 0 saturated heterocycles. The molecule has 0 fully saturated rings. The fourth-order valence-electron chi connectivity index (χ4n) is 7.77. The fourth-order valence-corrected chi connectivity index (χ4v) is 8.98. The molecule has 3 aromatic heterocycles. The molecule has 3 heterocycles. The quantitative estimate of drug-likeness (QED) is 0.164. The van der Waals surface area contributed by atoms with Crippen LogP contribution in [0.5, 0.6) is 0 Å². The van der Waals surface area contributed by atoms with Crippen LogP contribution in [-0.2, 0) is 0 Å². The number of benzene rings is 8. The minimum Gasteiger partial charge on any atom is -0.456 e. The average molecular weight is 726 g/mol. The molecule has 0 atom stereocenters. The Labute approximate surface area is 320 Å². The van der Waals surface area contributed by atoms with E-state index in [1.165, 1.54) is 20.2 Å². The van der Waals surface area contributed by atoms with Crippen LogP contribution in [0.25, 0.3) is 64.7 Å². The highest BCUT2D eigenvalue weighted by Crippen LogP contribution is 2.49. The summed E-state index contributed by atoms with van der Waals surface area (Å²) in [6.07, 6.45) is 0. The van der Waals surface area contributed by atoms with Crippen molar-refractivity contribution in [2.24, 2.45) is 0 Å². The number of nitrogens with zero attached hydrogens (tertiary/aromatic N) is 3. The molecule has 0 aliphatic carbocycles. The summed E-state index contributed by atoms with van der Waals surface area (Å²) < 4.78 is 15.6. The first-order valence-electron chi connectivity index (χ1n) is 18.3. The van der Waals surface area contributed by atoms with Crippen LogP contribution in [0, 0.1) is 0 Å². The van der Waals surface area contributed by atoms with Crippen LogP contribution < -0.4 is 9.80 Å². The van der Waals surface area contributed by atoms with Gasteiger partial charge in [-0.3, -0.25) is 0 Å². The highest BCUT2D eigenvalue weighted by molar-refractivity contribution is 7.26. The van der Waals surface area contributed by atoms with E-state index < -0.39 is 0 Å². The van der Waals surface area contributed by atoms with E-state index in [2.05, 4.69) is 155 Å². The Balaban J connectivity index is 1.21. The lowest BCUT2D eigenvalue weighted by atomic mass is 10.1. The maximum Gasteiger partial charge on any atom is 0.227 e. The number of fused-ring (bicyclic) bond motifs is 7. The Morgan fingerprint density at radius 2 is 1.07 bits per heavy atom. The third kappa shape index (κ3) is 5.26. The molecular weight excluding hydrogens is 695 g/mol. The normalized spacial score (nSPS) is 11.6. The second-order valence-electron chi connectivity index (χ2n) is 13.6. The molecule has 0 saturated carbocycles. The number of oxazole rings is 1. The van der Waals surface area contributed by atoms with E-state index in [-0.39, 0.29) is 0 Å². The van der Waals surface area contributed by atoms with Crippen LogP contribution in [0.4, 0.5) is 34.1 Å². The first-order chi connectivity index (χ1) is 27.3. The molecule has 6 heteroatoms. The minimum atomic E-state index is 0.569. The summed E-state index contributed by atoms with van der Waals surface area (Å²) in [6, 6.07) is 65.4. The molecule has 11 aromatic rings. The number of thiophene rings is 1. The minimum absolute atomic E-state index is 0.569. The third-order valence-corrected chi connectivity index (χ3v) is 11.5. The van der Waals surface area contributed by atoms with Gasteiger partial charge in [-0.05, 0) is 84.9 Å². The van der Waals surface area contributed by atoms with E-state index in [0.29, 0.717) is 11.5 Å². The smallest absolute Gasteiger partial charge is 0.227 e. The number of rotatable bonds is 7. The van der Waals surface area contributed by atoms with Crippen molar-refractivity contribution in [1.82, 2.24) is 4.98 Å². The zero-order chi connectivity index (χ0) is 36.3. The predicted octanol–water partition coefficient (Wildman–Crippen LogP) is 14.7. The van der Waals surface area contributed by atoms with Gasteiger partial charge in [-0.1, -0.05) is 103 Å². The molecule has 0 aliphatic rings. The van der Waals surface area contributed by atoms with Crippen LogP contribution in [0.15, 0.2) is 197 Å². The van der Waals surface area contributed by atoms with Gasteiger partial charge in [-0.2, -0.15) is 0 Å². The summed E-state index contributed by atoms with van der Waals surface area (Å²) in [4.78, 5) is 9.82. The van der Waals surface area contributed by atoms with Gasteiger partial charge in [0.25, 0.3) is 0 Å². The predicted molar refractivity (Wildman–Crippen MR) is 229 cm³/mol. The first-order valence-corrected chi connectivity index (χ1v) is 19.1. The topological polar surface area (TPSA) is 45.7 Å². The summed E-state index contributed by atoms with van der Waals surface area (Å²) in [6.45, 7) is 0. The highest BCUT2D eigenvalue weighted by Gasteiger charge is 2.26. The Bertz CT molecular complexity index is 3170. The van der Waals surface area contributed by atoms with E-state index >= 15 is 0 Å². The summed E-state index contributed by atoms with van der Waals surface area (Å²) in [5.41, 5.74) is 10.0. The third-order valence-electron chi connectivity index (χ3n) is 10.2. The second kappa shape index (κ2) is 12.8. The number of para-hydroxylation sites is 3. The number of aromatic nitrogens is 1. The molecule has 8 aromatic carbocycles. The average Bonchev–Trinajstić information content (AvgIpc) is 3.96. The van der Waals surface area contributed by atoms with Crippen LogP contribution in [0.2, 0.25) is 0 Å². The van der Waals surface area contributed by atoms with Crippen molar-refractivity contribution in [3.63, 3.8) is 0 Å². The van der Waals surface area contributed by atoms with E-state index in [1.54, 1.807) is 0 Å². The van der Waals surface area contributed by atoms with Gasteiger partial charge in [-0.25, -0.2) is 4.98 Å². The van der Waals surface area contributed by atoms with E-state index in [1.807, 2.05) is 53.8 Å². The largest absolute Gasteiger partial charge is 0.456 e. The molecule has 260 valence electrons. The van der Waals surface area contributed by atoms with Gasteiger partial charge in [0, 0.05) is 48.9 Å². The Morgan fingerprint density at radius 3 is 1.87 bits per heavy atom. The van der Waals surface area contributed by atoms with Crippen LogP contribution in [0.1, 0.15) is 0 Å². The standard InChI is InChI=1S/C49H31N3O2S/c1-4-15-32(16-5-1)49-50-41-30-36(51(33-17-6-2-7-18-33)35-27-28-45-40(29-35)37-21-10-12-25-44(37)53-45)31-43(47(41)54-49)52(34-19-8-3-9-20-34)42-24-14-23-39-38-22-11-13-26-46(38)55-48(39)42/h1-31H. The molecule has 0 N–H and O–H groups in total. The number of furan rings is 1.